The van der Waals surface area contributed by atoms with Crippen molar-refractivity contribution in [3.63, 3.8) is 0 Å². The minimum Gasteiger partial charge on any atom is -0.398 e. The average Bonchev–Trinajstić information content (AvgIpc) is 2.17. The van der Waals surface area contributed by atoms with E-state index in [1.807, 2.05) is 6.92 Å². The molecule has 0 saturated heterocycles. The Balaban J connectivity index is 2.91. The fourth-order valence-corrected chi connectivity index (χ4v) is 1.37. The number of nitrogen functional groups attached to an aromatic ring is 1. The molecule has 0 saturated carbocycles. The van der Waals surface area contributed by atoms with Crippen LogP contribution >= 0.6 is 0 Å². The van der Waals surface area contributed by atoms with E-state index in [-0.39, 0.29) is 11.6 Å². The number of carbonyl (C=O) groups is 1. The van der Waals surface area contributed by atoms with Crippen LogP contribution in [-0.2, 0) is 0 Å². The molecule has 2 N–H and O–H groups in total. The molecule has 0 spiro atoms. The topological polar surface area (TPSA) is 46.3 Å². The molecule has 0 aliphatic rings. The second kappa shape index (κ2) is 4.77. The van der Waals surface area contributed by atoms with Gasteiger partial charge in [0.05, 0.1) is 5.56 Å². The summed E-state index contributed by atoms with van der Waals surface area (Å²) in [5, 5.41) is 0. The first-order chi connectivity index (χ1) is 7.06. The Morgan fingerprint density at radius 1 is 1.53 bits per heavy atom. The first-order valence-electron chi connectivity index (χ1n) is 4.86. The number of hydrogen-bond donors (Lipinski definition) is 1. The molecule has 0 bridgehead atoms. The van der Waals surface area contributed by atoms with E-state index in [0.717, 1.165) is 12.5 Å². The van der Waals surface area contributed by atoms with Crippen LogP contribution in [0.3, 0.4) is 0 Å². The van der Waals surface area contributed by atoms with Crippen LogP contribution in [0.25, 0.3) is 0 Å². The largest absolute Gasteiger partial charge is 0.398 e. The van der Waals surface area contributed by atoms with Crippen LogP contribution in [0.2, 0.25) is 0 Å². The molecule has 0 unspecified atom stereocenters. The summed E-state index contributed by atoms with van der Waals surface area (Å²) in [4.78, 5) is 13.4. The van der Waals surface area contributed by atoms with E-state index in [4.69, 9.17) is 5.73 Å². The summed E-state index contributed by atoms with van der Waals surface area (Å²) in [6.07, 6.45) is 0.878. The van der Waals surface area contributed by atoms with Gasteiger partial charge < -0.3 is 10.6 Å². The quantitative estimate of drug-likeness (QED) is 0.774. The summed E-state index contributed by atoms with van der Waals surface area (Å²) >= 11 is 0. The molecule has 3 nitrogen and oxygen atoms in total. The summed E-state index contributed by atoms with van der Waals surface area (Å²) < 4.78 is 12.8. The van der Waals surface area contributed by atoms with E-state index in [1.165, 1.54) is 12.1 Å². The zero-order chi connectivity index (χ0) is 11.4. The molecule has 0 fully saturated rings. The van der Waals surface area contributed by atoms with Gasteiger partial charge in [-0.1, -0.05) is 6.92 Å². The third kappa shape index (κ3) is 2.68. The first kappa shape index (κ1) is 11.5. The van der Waals surface area contributed by atoms with Gasteiger partial charge in [-0.25, -0.2) is 4.39 Å². The minimum absolute atomic E-state index is 0.172. The summed E-state index contributed by atoms with van der Waals surface area (Å²) in [5.74, 6) is -0.600. The molecule has 0 aliphatic carbocycles. The van der Waals surface area contributed by atoms with Crippen LogP contribution in [0.5, 0.6) is 0 Å². The highest BCUT2D eigenvalue weighted by atomic mass is 19.1. The normalized spacial score (nSPS) is 10.1. The molecule has 0 aromatic heterocycles. The smallest absolute Gasteiger partial charge is 0.255 e. The molecule has 82 valence electrons. The Bertz CT molecular complexity index is 366. The maximum absolute atomic E-state index is 12.8. The number of amides is 1. The van der Waals surface area contributed by atoms with Gasteiger partial charge in [-0.15, -0.1) is 0 Å². The predicted molar refractivity (Wildman–Crippen MR) is 58.1 cm³/mol. The number of benzene rings is 1. The standard InChI is InChI=1S/C11H15FN2O/c1-3-6-14(2)11(15)9-5-4-8(12)7-10(9)13/h4-5,7H,3,6,13H2,1-2H3. The number of halogens is 1. The van der Waals surface area contributed by atoms with Crippen LogP contribution in [0.1, 0.15) is 23.7 Å². The van der Waals surface area contributed by atoms with E-state index >= 15 is 0 Å². The van der Waals surface area contributed by atoms with Gasteiger partial charge in [0.2, 0.25) is 0 Å². The predicted octanol–water partition coefficient (Wildman–Crippen LogP) is 1.89. The second-order valence-corrected chi connectivity index (χ2v) is 3.46. The van der Waals surface area contributed by atoms with Gasteiger partial charge in [0.15, 0.2) is 0 Å². The second-order valence-electron chi connectivity index (χ2n) is 3.46. The lowest BCUT2D eigenvalue weighted by atomic mass is 10.1. The van der Waals surface area contributed by atoms with Crippen molar-refractivity contribution >= 4 is 11.6 Å². The molecule has 15 heavy (non-hydrogen) atoms. The van der Waals surface area contributed by atoms with Crippen molar-refractivity contribution in [2.75, 3.05) is 19.3 Å². The molecule has 0 radical (unpaired) electrons. The highest BCUT2D eigenvalue weighted by Gasteiger charge is 2.13. The van der Waals surface area contributed by atoms with Gasteiger partial charge in [0.25, 0.3) is 5.91 Å². The number of hydrogen-bond acceptors (Lipinski definition) is 2. The van der Waals surface area contributed by atoms with E-state index in [0.29, 0.717) is 12.1 Å². The molecule has 0 heterocycles. The lowest BCUT2D eigenvalue weighted by Crippen LogP contribution is -2.28. The molecule has 4 heteroatoms. The number of anilines is 1. The lowest BCUT2D eigenvalue weighted by molar-refractivity contribution is 0.0796. The number of nitrogens with zero attached hydrogens (tertiary/aromatic N) is 1. The van der Waals surface area contributed by atoms with Gasteiger partial charge in [-0.2, -0.15) is 0 Å². The zero-order valence-corrected chi connectivity index (χ0v) is 8.96. The number of nitrogens with two attached hydrogens (primary N) is 1. The lowest BCUT2D eigenvalue weighted by Gasteiger charge is -2.17. The Morgan fingerprint density at radius 2 is 2.20 bits per heavy atom. The molecular formula is C11H15FN2O. The zero-order valence-electron chi connectivity index (χ0n) is 8.96. The van der Waals surface area contributed by atoms with E-state index in [1.54, 1.807) is 11.9 Å². The van der Waals surface area contributed by atoms with Crippen LogP contribution in [-0.4, -0.2) is 24.4 Å². The maximum Gasteiger partial charge on any atom is 0.255 e. The summed E-state index contributed by atoms with van der Waals surface area (Å²) in [7, 11) is 1.70. The third-order valence-electron chi connectivity index (χ3n) is 2.15. The third-order valence-corrected chi connectivity index (χ3v) is 2.15. The van der Waals surface area contributed by atoms with Crippen LogP contribution in [0, 0.1) is 5.82 Å². The van der Waals surface area contributed by atoms with E-state index in [2.05, 4.69) is 0 Å². The molecule has 0 aliphatic heterocycles. The SMILES string of the molecule is CCCN(C)C(=O)c1ccc(F)cc1N. The Hall–Kier alpha value is -1.58. The fourth-order valence-electron chi connectivity index (χ4n) is 1.37. The number of carbonyl (C=O) groups excluding carboxylic acids is 1. The maximum atomic E-state index is 12.8. The first-order valence-corrected chi connectivity index (χ1v) is 4.86. The average molecular weight is 210 g/mol. The van der Waals surface area contributed by atoms with Crippen molar-refractivity contribution in [2.24, 2.45) is 0 Å². The molecule has 1 aromatic rings. The summed E-state index contributed by atoms with van der Waals surface area (Å²) in [5.41, 5.74) is 6.11. The van der Waals surface area contributed by atoms with Crippen molar-refractivity contribution < 1.29 is 9.18 Å². The van der Waals surface area contributed by atoms with Crippen molar-refractivity contribution in [1.29, 1.82) is 0 Å². The fraction of sp³-hybridized carbons (Fsp3) is 0.364. The van der Waals surface area contributed by atoms with Crippen LogP contribution in [0.4, 0.5) is 10.1 Å². The van der Waals surface area contributed by atoms with Crippen LogP contribution in [0.15, 0.2) is 18.2 Å². The minimum atomic E-state index is -0.429. The van der Waals surface area contributed by atoms with Gasteiger partial charge in [0, 0.05) is 19.3 Å². The van der Waals surface area contributed by atoms with E-state index < -0.39 is 5.82 Å². The van der Waals surface area contributed by atoms with Crippen molar-refractivity contribution in [3.05, 3.63) is 29.6 Å². The Kier molecular flexibility index (Phi) is 3.66. The van der Waals surface area contributed by atoms with Crippen molar-refractivity contribution in [3.8, 4) is 0 Å². The summed E-state index contributed by atoms with van der Waals surface area (Å²) in [6, 6.07) is 3.82. The van der Waals surface area contributed by atoms with Gasteiger partial charge >= 0.3 is 0 Å². The molecule has 0 atom stereocenters. The Labute approximate surface area is 88.7 Å². The van der Waals surface area contributed by atoms with E-state index in [9.17, 15) is 9.18 Å². The van der Waals surface area contributed by atoms with Gasteiger partial charge in [-0.05, 0) is 24.6 Å². The van der Waals surface area contributed by atoms with Gasteiger partial charge in [0.1, 0.15) is 5.82 Å². The highest BCUT2D eigenvalue weighted by Crippen LogP contribution is 2.15. The Morgan fingerprint density at radius 3 is 2.73 bits per heavy atom. The van der Waals surface area contributed by atoms with Crippen molar-refractivity contribution in [1.82, 2.24) is 4.90 Å². The molecule has 1 aromatic carbocycles. The summed E-state index contributed by atoms with van der Waals surface area (Å²) in [6.45, 7) is 2.65. The molecule has 1 amide bonds. The van der Waals surface area contributed by atoms with Crippen molar-refractivity contribution in [2.45, 2.75) is 13.3 Å². The monoisotopic (exact) mass is 210 g/mol. The molecular weight excluding hydrogens is 195 g/mol. The highest BCUT2D eigenvalue weighted by molar-refractivity contribution is 5.98. The van der Waals surface area contributed by atoms with Crippen LogP contribution < -0.4 is 5.73 Å². The van der Waals surface area contributed by atoms with Gasteiger partial charge in [-0.3, -0.25) is 4.79 Å². The molecule has 1 rings (SSSR count). The number of rotatable bonds is 3.